The largest absolute Gasteiger partial charge is 0.385 e. The van der Waals surface area contributed by atoms with E-state index in [1.165, 1.54) is 16.8 Å². The maximum Gasteiger partial charge on any atom is 0.0343 e. The summed E-state index contributed by atoms with van der Waals surface area (Å²) in [6.07, 6.45) is 2.97. The van der Waals surface area contributed by atoms with Crippen LogP contribution in [0.2, 0.25) is 0 Å². The summed E-state index contributed by atoms with van der Waals surface area (Å²) in [6, 6.07) is 6.41. The molecule has 0 aliphatic carbocycles. The number of nitrogens with one attached hydrogen (secondary N) is 1. The first-order valence-electron chi connectivity index (χ1n) is 4.81. The Morgan fingerprint density at radius 3 is 2.69 bits per heavy atom. The molecule has 1 aromatic rings. The number of rotatable bonds is 4. The van der Waals surface area contributed by atoms with Crippen LogP contribution in [0.3, 0.4) is 0 Å². The van der Waals surface area contributed by atoms with Crippen molar-refractivity contribution in [3.63, 3.8) is 0 Å². The lowest BCUT2D eigenvalue weighted by atomic mass is 10.0. The Bertz CT molecular complexity index is 289. The van der Waals surface area contributed by atoms with E-state index >= 15 is 0 Å². The monoisotopic (exact) mass is 175 g/mol. The molecule has 1 N–H and O–H groups in total. The molecule has 0 fully saturated rings. The molecule has 0 saturated heterocycles. The van der Waals surface area contributed by atoms with Crippen LogP contribution < -0.4 is 5.32 Å². The second-order valence-electron chi connectivity index (χ2n) is 3.00. The summed E-state index contributed by atoms with van der Waals surface area (Å²) in [6.45, 7) is 9.03. The highest BCUT2D eigenvalue weighted by molar-refractivity contribution is 5.58. The van der Waals surface area contributed by atoms with Gasteiger partial charge in [0.25, 0.3) is 0 Å². The molecule has 1 aromatic carbocycles. The fraction of sp³-hybridized carbons (Fsp3) is 0.333. The van der Waals surface area contributed by atoms with Gasteiger partial charge in [-0.3, -0.25) is 0 Å². The molecule has 13 heavy (non-hydrogen) atoms. The molecular formula is C12H17N. The van der Waals surface area contributed by atoms with Gasteiger partial charge in [0, 0.05) is 12.2 Å². The fourth-order valence-corrected chi connectivity index (χ4v) is 1.43. The van der Waals surface area contributed by atoms with Crippen LogP contribution in [-0.4, -0.2) is 6.54 Å². The summed E-state index contributed by atoms with van der Waals surface area (Å²) in [5, 5.41) is 3.30. The van der Waals surface area contributed by atoms with Gasteiger partial charge in [-0.2, -0.15) is 0 Å². The zero-order valence-corrected chi connectivity index (χ0v) is 8.43. The van der Waals surface area contributed by atoms with E-state index < -0.39 is 0 Å². The molecule has 1 nitrogen and oxygen atoms in total. The predicted octanol–water partition coefficient (Wildman–Crippen LogP) is 3.32. The molecule has 0 radical (unpaired) electrons. The van der Waals surface area contributed by atoms with E-state index in [1.807, 2.05) is 6.08 Å². The van der Waals surface area contributed by atoms with E-state index in [0.717, 1.165) is 13.0 Å². The van der Waals surface area contributed by atoms with Gasteiger partial charge in [-0.1, -0.05) is 25.6 Å². The minimum atomic E-state index is 0.969. The lowest BCUT2D eigenvalue weighted by molar-refractivity contribution is 1.12. The molecule has 1 rings (SSSR count). The Hall–Kier alpha value is -1.24. The van der Waals surface area contributed by atoms with Crippen molar-refractivity contribution >= 4 is 11.8 Å². The third-order valence-electron chi connectivity index (χ3n) is 2.12. The normalized spacial score (nSPS) is 9.69. The third kappa shape index (κ3) is 2.35. The fourth-order valence-electron chi connectivity index (χ4n) is 1.43. The summed E-state index contributed by atoms with van der Waals surface area (Å²) in [5.41, 5.74) is 3.79. The molecule has 0 aliphatic rings. The maximum atomic E-state index is 3.79. The van der Waals surface area contributed by atoms with Crippen LogP contribution in [0.1, 0.15) is 25.0 Å². The van der Waals surface area contributed by atoms with Gasteiger partial charge in [-0.15, -0.1) is 0 Å². The Balaban J connectivity index is 2.98. The van der Waals surface area contributed by atoms with Gasteiger partial charge in [0.15, 0.2) is 0 Å². The molecule has 0 bridgehead atoms. The van der Waals surface area contributed by atoms with Crippen LogP contribution >= 0.6 is 0 Å². The Morgan fingerprint density at radius 1 is 1.38 bits per heavy atom. The predicted molar refractivity (Wildman–Crippen MR) is 60.1 cm³/mol. The van der Waals surface area contributed by atoms with Gasteiger partial charge in [0.2, 0.25) is 0 Å². The van der Waals surface area contributed by atoms with Crippen LogP contribution in [0.5, 0.6) is 0 Å². The molecule has 1 heteroatoms. The number of anilines is 1. The van der Waals surface area contributed by atoms with Crippen LogP contribution in [0.25, 0.3) is 6.08 Å². The van der Waals surface area contributed by atoms with Crippen molar-refractivity contribution in [2.45, 2.75) is 20.3 Å². The van der Waals surface area contributed by atoms with Crippen molar-refractivity contribution in [3.8, 4) is 0 Å². The van der Waals surface area contributed by atoms with Crippen molar-refractivity contribution in [2.24, 2.45) is 0 Å². The molecule has 0 heterocycles. The molecule has 0 unspecified atom stereocenters. The van der Waals surface area contributed by atoms with Gasteiger partial charge < -0.3 is 5.32 Å². The van der Waals surface area contributed by atoms with E-state index in [4.69, 9.17) is 0 Å². The lowest BCUT2D eigenvalue weighted by Gasteiger charge is -2.08. The smallest absolute Gasteiger partial charge is 0.0343 e. The Labute approximate surface area is 80.5 Å². The zero-order valence-electron chi connectivity index (χ0n) is 8.43. The van der Waals surface area contributed by atoms with Gasteiger partial charge in [-0.25, -0.2) is 0 Å². The first-order chi connectivity index (χ1) is 6.31. The van der Waals surface area contributed by atoms with Gasteiger partial charge in [0.05, 0.1) is 0 Å². The Morgan fingerprint density at radius 2 is 2.15 bits per heavy atom. The standard InChI is InChI=1S/C12H17N/c1-4-10-7-8-12(13-6-3)9-11(10)5-2/h4,7-9,13H,1,5-6H2,2-3H3. The van der Waals surface area contributed by atoms with Crippen molar-refractivity contribution in [2.75, 3.05) is 11.9 Å². The molecule has 0 spiro atoms. The van der Waals surface area contributed by atoms with E-state index in [0.29, 0.717) is 0 Å². The summed E-state index contributed by atoms with van der Waals surface area (Å²) in [4.78, 5) is 0. The molecule has 70 valence electrons. The van der Waals surface area contributed by atoms with E-state index in [2.05, 4.69) is 43.9 Å². The van der Waals surface area contributed by atoms with Crippen molar-refractivity contribution in [3.05, 3.63) is 35.9 Å². The first kappa shape index (κ1) is 9.85. The SMILES string of the molecule is C=Cc1ccc(NCC)cc1CC. The highest BCUT2D eigenvalue weighted by Gasteiger charge is 1.98. The van der Waals surface area contributed by atoms with Crippen molar-refractivity contribution in [1.29, 1.82) is 0 Å². The number of aryl methyl sites for hydroxylation is 1. The third-order valence-corrected chi connectivity index (χ3v) is 2.12. The molecular weight excluding hydrogens is 158 g/mol. The van der Waals surface area contributed by atoms with Gasteiger partial charge in [0.1, 0.15) is 0 Å². The zero-order chi connectivity index (χ0) is 9.68. The van der Waals surface area contributed by atoms with Gasteiger partial charge >= 0.3 is 0 Å². The molecule has 0 atom stereocenters. The summed E-state index contributed by atoms with van der Waals surface area (Å²) in [7, 11) is 0. The van der Waals surface area contributed by atoms with E-state index in [9.17, 15) is 0 Å². The first-order valence-corrected chi connectivity index (χ1v) is 4.81. The second-order valence-corrected chi connectivity index (χ2v) is 3.00. The lowest BCUT2D eigenvalue weighted by Crippen LogP contribution is -1.97. The molecule has 0 aromatic heterocycles. The highest BCUT2D eigenvalue weighted by atomic mass is 14.8. The van der Waals surface area contributed by atoms with Crippen molar-refractivity contribution in [1.82, 2.24) is 0 Å². The molecule has 0 amide bonds. The molecule has 0 saturated carbocycles. The van der Waals surface area contributed by atoms with E-state index in [1.54, 1.807) is 0 Å². The average Bonchev–Trinajstić information content (AvgIpc) is 2.18. The molecule has 0 aliphatic heterocycles. The maximum absolute atomic E-state index is 3.79. The van der Waals surface area contributed by atoms with Gasteiger partial charge in [-0.05, 0) is 36.6 Å². The minimum Gasteiger partial charge on any atom is -0.385 e. The number of hydrogen-bond donors (Lipinski definition) is 1. The Kier molecular flexibility index (Phi) is 3.56. The van der Waals surface area contributed by atoms with E-state index in [-0.39, 0.29) is 0 Å². The minimum absolute atomic E-state index is 0.969. The highest BCUT2D eigenvalue weighted by Crippen LogP contribution is 2.17. The van der Waals surface area contributed by atoms with Crippen LogP contribution in [-0.2, 0) is 6.42 Å². The number of benzene rings is 1. The summed E-state index contributed by atoms with van der Waals surface area (Å²) in [5.74, 6) is 0. The average molecular weight is 175 g/mol. The number of hydrogen-bond acceptors (Lipinski definition) is 1. The summed E-state index contributed by atoms with van der Waals surface area (Å²) < 4.78 is 0. The summed E-state index contributed by atoms with van der Waals surface area (Å²) >= 11 is 0. The van der Waals surface area contributed by atoms with Crippen LogP contribution in [0.4, 0.5) is 5.69 Å². The quantitative estimate of drug-likeness (QED) is 0.740. The van der Waals surface area contributed by atoms with Crippen molar-refractivity contribution < 1.29 is 0 Å². The second kappa shape index (κ2) is 4.70. The van der Waals surface area contributed by atoms with Crippen LogP contribution in [0, 0.1) is 0 Å². The topological polar surface area (TPSA) is 12.0 Å². The van der Waals surface area contributed by atoms with Crippen LogP contribution in [0.15, 0.2) is 24.8 Å².